The minimum absolute atomic E-state index is 0.0586. The second-order valence-corrected chi connectivity index (χ2v) is 8.19. The Labute approximate surface area is 192 Å². The summed E-state index contributed by atoms with van der Waals surface area (Å²) >= 11 is 3.96. The van der Waals surface area contributed by atoms with Gasteiger partial charge in [-0.3, -0.25) is 19.2 Å². The molecule has 0 aromatic carbocycles. The van der Waals surface area contributed by atoms with Crippen LogP contribution in [0.2, 0.25) is 0 Å². The van der Waals surface area contributed by atoms with Gasteiger partial charge in [-0.25, -0.2) is 4.79 Å². The number of carboxylic acids is 2. The first-order valence-electron chi connectivity index (χ1n) is 10.3. The molecule has 12 nitrogen and oxygen atoms in total. The van der Waals surface area contributed by atoms with Crippen LogP contribution < -0.4 is 27.4 Å². The molecule has 0 fully saturated rings. The summed E-state index contributed by atoms with van der Waals surface area (Å²) in [6.45, 7) is 3.99. The van der Waals surface area contributed by atoms with Gasteiger partial charge in [-0.05, 0) is 38.1 Å². The summed E-state index contributed by atoms with van der Waals surface area (Å²) in [5, 5.41) is 25.2. The van der Waals surface area contributed by atoms with Gasteiger partial charge in [0.2, 0.25) is 17.7 Å². The Morgan fingerprint density at radius 2 is 1.41 bits per heavy atom. The lowest BCUT2D eigenvalue weighted by Crippen LogP contribution is -2.57. The smallest absolute Gasteiger partial charge is 0.326 e. The zero-order chi connectivity index (χ0) is 24.8. The Balaban J connectivity index is 5.46. The molecule has 0 radical (unpaired) electrons. The molecule has 0 aliphatic rings. The van der Waals surface area contributed by atoms with Crippen LogP contribution in [0, 0.1) is 5.92 Å². The van der Waals surface area contributed by atoms with Gasteiger partial charge in [0.25, 0.3) is 0 Å². The van der Waals surface area contributed by atoms with Crippen LogP contribution in [-0.2, 0) is 24.0 Å². The fourth-order valence-electron chi connectivity index (χ4n) is 2.75. The predicted octanol–water partition coefficient (Wildman–Crippen LogP) is -1.57. The van der Waals surface area contributed by atoms with Crippen LogP contribution in [0.3, 0.4) is 0 Å². The summed E-state index contributed by atoms with van der Waals surface area (Å²) in [4.78, 5) is 59.8. The number of rotatable bonds is 16. The highest BCUT2D eigenvalue weighted by Crippen LogP contribution is 2.09. The van der Waals surface area contributed by atoms with Crippen molar-refractivity contribution in [3.05, 3.63) is 0 Å². The average molecular weight is 478 g/mol. The number of carbonyl (C=O) groups is 5. The number of aliphatic carboxylic acids is 2. The molecule has 0 heterocycles. The van der Waals surface area contributed by atoms with E-state index in [0.717, 1.165) is 0 Å². The predicted molar refractivity (Wildman–Crippen MR) is 120 cm³/mol. The molecule has 0 rings (SSSR count). The molecule has 0 spiro atoms. The highest BCUT2D eigenvalue weighted by Gasteiger charge is 2.31. The lowest BCUT2D eigenvalue weighted by molar-refractivity contribution is -0.147. The maximum absolute atomic E-state index is 12.9. The van der Waals surface area contributed by atoms with Crippen LogP contribution >= 0.6 is 12.6 Å². The summed E-state index contributed by atoms with van der Waals surface area (Å²) in [6.07, 6.45) is 0.746. The van der Waals surface area contributed by atoms with Crippen LogP contribution in [0.1, 0.15) is 46.0 Å². The SMILES string of the molecule is CC(C)CC(NC(=O)C(CCCCN)NC(=O)C(N)CS)C(=O)NC(CC(=O)O)C(=O)O. The molecule has 32 heavy (non-hydrogen) atoms. The van der Waals surface area contributed by atoms with Crippen molar-refractivity contribution in [3.63, 3.8) is 0 Å². The zero-order valence-corrected chi connectivity index (χ0v) is 19.3. The third-order valence-corrected chi connectivity index (χ3v) is 4.84. The highest BCUT2D eigenvalue weighted by molar-refractivity contribution is 7.80. The largest absolute Gasteiger partial charge is 0.481 e. The number of hydrogen-bond donors (Lipinski definition) is 8. The van der Waals surface area contributed by atoms with E-state index in [0.29, 0.717) is 19.4 Å². The molecule has 0 aromatic heterocycles. The van der Waals surface area contributed by atoms with E-state index in [1.165, 1.54) is 0 Å². The van der Waals surface area contributed by atoms with Gasteiger partial charge < -0.3 is 37.6 Å². The first kappa shape index (κ1) is 29.6. The number of nitrogens with one attached hydrogen (secondary N) is 3. The fourth-order valence-corrected chi connectivity index (χ4v) is 2.91. The third-order valence-electron chi connectivity index (χ3n) is 4.45. The minimum Gasteiger partial charge on any atom is -0.481 e. The molecule has 0 aliphatic heterocycles. The summed E-state index contributed by atoms with van der Waals surface area (Å²) in [7, 11) is 0. The average Bonchev–Trinajstić information content (AvgIpc) is 2.70. The van der Waals surface area contributed by atoms with Crippen LogP contribution in [-0.4, -0.2) is 76.3 Å². The molecule has 13 heteroatoms. The number of carboxylic acid groups (broad SMARTS) is 2. The normalized spacial score (nSPS) is 14.7. The summed E-state index contributed by atoms with van der Waals surface area (Å²) in [5.74, 6) is -4.95. The topological polar surface area (TPSA) is 214 Å². The van der Waals surface area contributed by atoms with Crippen molar-refractivity contribution in [2.45, 2.75) is 70.1 Å². The van der Waals surface area contributed by atoms with Crippen molar-refractivity contribution >= 4 is 42.3 Å². The molecule has 4 unspecified atom stereocenters. The number of unbranched alkanes of at least 4 members (excludes halogenated alkanes) is 1. The van der Waals surface area contributed by atoms with E-state index in [-0.39, 0.29) is 24.5 Å². The Hall–Kier alpha value is -2.38. The van der Waals surface area contributed by atoms with E-state index in [1.54, 1.807) is 13.8 Å². The monoisotopic (exact) mass is 477 g/mol. The Morgan fingerprint density at radius 3 is 1.88 bits per heavy atom. The maximum atomic E-state index is 12.9. The molecular formula is C19H35N5O7S. The van der Waals surface area contributed by atoms with E-state index in [9.17, 15) is 24.0 Å². The van der Waals surface area contributed by atoms with Gasteiger partial charge in [-0.2, -0.15) is 12.6 Å². The first-order chi connectivity index (χ1) is 14.9. The molecular weight excluding hydrogens is 442 g/mol. The van der Waals surface area contributed by atoms with Gasteiger partial charge in [-0.1, -0.05) is 13.8 Å². The van der Waals surface area contributed by atoms with Crippen molar-refractivity contribution in [2.75, 3.05) is 12.3 Å². The third kappa shape index (κ3) is 11.9. The van der Waals surface area contributed by atoms with Gasteiger partial charge in [-0.15, -0.1) is 0 Å². The van der Waals surface area contributed by atoms with Crippen molar-refractivity contribution < 1.29 is 34.2 Å². The Morgan fingerprint density at radius 1 is 0.875 bits per heavy atom. The maximum Gasteiger partial charge on any atom is 0.326 e. The minimum atomic E-state index is -1.65. The van der Waals surface area contributed by atoms with Gasteiger partial charge in [0.15, 0.2) is 0 Å². The molecule has 184 valence electrons. The van der Waals surface area contributed by atoms with Gasteiger partial charge in [0.1, 0.15) is 18.1 Å². The number of nitrogens with two attached hydrogens (primary N) is 2. The second kappa shape index (κ2) is 15.4. The number of carbonyl (C=O) groups excluding carboxylic acids is 3. The van der Waals surface area contributed by atoms with Gasteiger partial charge >= 0.3 is 11.9 Å². The number of amides is 3. The quantitative estimate of drug-likeness (QED) is 0.0950. The molecule has 0 aliphatic carbocycles. The lowest BCUT2D eigenvalue weighted by Gasteiger charge is -2.26. The van der Waals surface area contributed by atoms with Gasteiger partial charge in [0.05, 0.1) is 12.5 Å². The molecule has 3 amide bonds. The highest BCUT2D eigenvalue weighted by atomic mass is 32.1. The van der Waals surface area contributed by atoms with Crippen molar-refractivity contribution in [3.8, 4) is 0 Å². The van der Waals surface area contributed by atoms with Crippen LogP contribution in [0.5, 0.6) is 0 Å². The summed E-state index contributed by atoms with van der Waals surface area (Å²) in [6, 6.07) is -4.70. The van der Waals surface area contributed by atoms with E-state index in [1.807, 2.05) is 0 Å². The zero-order valence-electron chi connectivity index (χ0n) is 18.4. The fraction of sp³-hybridized carbons (Fsp3) is 0.737. The number of thiol groups is 1. The van der Waals surface area contributed by atoms with Crippen LogP contribution in [0.15, 0.2) is 0 Å². The van der Waals surface area contributed by atoms with Gasteiger partial charge in [0, 0.05) is 5.75 Å². The van der Waals surface area contributed by atoms with E-state index in [2.05, 4.69) is 28.6 Å². The molecule has 0 aromatic rings. The van der Waals surface area contributed by atoms with Crippen LogP contribution in [0.4, 0.5) is 0 Å². The van der Waals surface area contributed by atoms with E-state index in [4.69, 9.17) is 21.7 Å². The van der Waals surface area contributed by atoms with Crippen molar-refractivity contribution in [2.24, 2.45) is 17.4 Å². The molecule has 0 saturated heterocycles. The van der Waals surface area contributed by atoms with Crippen LogP contribution in [0.25, 0.3) is 0 Å². The lowest BCUT2D eigenvalue weighted by atomic mass is 10.0. The number of hydrogen-bond acceptors (Lipinski definition) is 8. The molecule has 0 bridgehead atoms. The van der Waals surface area contributed by atoms with Crippen molar-refractivity contribution in [1.29, 1.82) is 0 Å². The van der Waals surface area contributed by atoms with Crippen molar-refractivity contribution in [1.82, 2.24) is 16.0 Å². The molecule has 0 saturated carbocycles. The first-order valence-corrected chi connectivity index (χ1v) is 11.0. The second-order valence-electron chi connectivity index (χ2n) is 7.82. The van der Waals surface area contributed by atoms with E-state index < -0.39 is 60.2 Å². The Kier molecular flexibility index (Phi) is 14.3. The summed E-state index contributed by atoms with van der Waals surface area (Å²) < 4.78 is 0. The van der Waals surface area contributed by atoms with E-state index >= 15 is 0 Å². The molecule has 9 N–H and O–H groups in total. The summed E-state index contributed by atoms with van der Waals surface area (Å²) in [5.41, 5.74) is 11.1. The molecule has 4 atom stereocenters. The standard InChI is InChI=1S/C19H35N5O7S/c1-10(2)7-13(18(29)24-14(19(30)31)8-15(25)26)23-17(28)12(5-3-4-6-20)22-16(27)11(21)9-32/h10-14,32H,3-9,20-21H2,1-2H3,(H,22,27)(H,23,28)(H,24,29)(H,25,26)(H,30,31). The Bertz CT molecular complexity index is 662.